The number of rotatable bonds is 3. The Balaban J connectivity index is 1.91. The van der Waals surface area contributed by atoms with Crippen LogP contribution < -0.4 is 5.32 Å². The zero-order valence-electron chi connectivity index (χ0n) is 11.9. The molecule has 1 aliphatic carbocycles. The summed E-state index contributed by atoms with van der Waals surface area (Å²) in [6, 6.07) is 4.93. The van der Waals surface area contributed by atoms with Gasteiger partial charge < -0.3 is 10.4 Å². The normalized spacial score (nSPS) is 22.4. The quantitative estimate of drug-likeness (QED) is 0.876. The Kier molecular flexibility index (Phi) is 3.50. The molecule has 0 spiro atoms. The van der Waals surface area contributed by atoms with Crippen molar-refractivity contribution in [1.82, 2.24) is 10.2 Å². The predicted molar refractivity (Wildman–Crippen MR) is 77.5 cm³/mol. The summed E-state index contributed by atoms with van der Waals surface area (Å²) in [5.74, 6) is 1.28. The van der Waals surface area contributed by atoms with E-state index in [0.717, 1.165) is 43.2 Å². The monoisotopic (exact) mass is 260 g/mol. The number of nitrogens with zero attached hydrogens (tertiary/aromatic N) is 1. The average molecular weight is 260 g/mol. The molecule has 1 saturated heterocycles. The molecule has 3 rings (SSSR count). The van der Waals surface area contributed by atoms with E-state index < -0.39 is 0 Å². The molecule has 1 aromatic carbocycles. The summed E-state index contributed by atoms with van der Waals surface area (Å²) in [6.45, 7) is 8.49. The lowest BCUT2D eigenvalue weighted by atomic mass is 9.95. The summed E-state index contributed by atoms with van der Waals surface area (Å²) in [6.07, 6.45) is 2.71. The molecule has 2 N–H and O–H groups in total. The molecule has 0 aromatic heterocycles. The van der Waals surface area contributed by atoms with Crippen LogP contribution in [-0.2, 0) is 0 Å². The highest BCUT2D eigenvalue weighted by atomic mass is 16.3. The van der Waals surface area contributed by atoms with Crippen molar-refractivity contribution in [2.75, 3.05) is 26.2 Å². The highest BCUT2D eigenvalue weighted by molar-refractivity contribution is 5.43. The number of phenolic OH excluding ortho intramolecular Hbond substituents is 1. The number of aromatic hydroxyl groups is 1. The molecule has 2 fully saturated rings. The largest absolute Gasteiger partial charge is 0.507 e. The first-order chi connectivity index (χ1) is 9.16. The van der Waals surface area contributed by atoms with Gasteiger partial charge in [-0.05, 0) is 49.3 Å². The topological polar surface area (TPSA) is 35.5 Å². The van der Waals surface area contributed by atoms with Crippen molar-refractivity contribution >= 4 is 0 Å². The SMILES string of the molecule is Cc1cc([C@@H](C2CC2)N2CCNCC2)cc(C)c1O. The number of aryl methyl sites for hydroxylation is 2. The van der Waals surface area contributed by atoms with E-state index >= 15 is 0 Å². The van der Waals surface area contributed by atoms with Gasteiger partial charge >= 0.3 is 0 Å². The molecule has 1 atom stereocenters. The molecule has 0 amide bonds. The molecule has 3 heteroatoms. The molecule has 0 unspecified atom stereocenters. The number of nitrogens with one attached hydrogen (secondary N) is 1. The van der Waals surface area contributed by atoms with Crippen LogP contribution in [0.3, 0.4) is 0 Å². The van der Waals surface area contributed by atoms with Gasteiger partial charge in [0.1, 0.15) is 5.75 Å². The molecule has 3 nitrogen and oxygen atoms in total. The van der Waals surface area contributed by atoms with Crippen LogP contribution in [0.25, 0.3) is 0 Å². The van der Waals surface area contributed by atoms with Crippen LogP contribution >= 0.6 is 0 Å². The lowest BCUT2D eigenvalue weighted by Gasteiger charge is -2.36. The number of piperazine rings is 1. The fourth-order valence-electron chi connectivity index (χ4n) is 3.31. The first-order valence-electron chi connectivity index (χ1n) is 7.41. The van der Waals surface area contributed by atoms with Gasteiger partial charge in [0.15, 0.2) is 0 Å². The molecule has 2 aliphatic rings. The molecule has 1 saturated carbocycles. The number of benzene rings is 1. The maximum absolute atomic E-state index is 9.95. The minimum Gasteiger partial charge on any atom is -0.507 e. The van der Waals surface area contributed by atoms with Gasteiger partial charge in [-0.15, -0.1) is 0 Å². The van der Waals surface area contributed by atoms with Crippen molar-refractivity contribution in [1.29, 1.82) is 0 Å². The lowest BCUT2D eigenvalue weighted by molar-refractivity contribution is 0.156. The van der Waals surface area contributed by atoms with Gasteiger partial charge in [-0.3, -0.25) is 4.90 Å². The molecule has 1 aliphatic heterocycles. The molecule has 1 aromatic rings. The second kappa shape index (κ2) is 5.14. The van der Waals surface area contributed by atoms with E-state index in [2.05, 4.69) is 22.3 Å². The molecular formula is C16H24N2O. The van der Waals surface area contributed by atoms with Crippen molar-refractivity contribution in [3.63, 3.8) is 0 Å². The number of hydrogen-bond donors (Lipinski definition) is 2. The Labute approximate surface area is 115 Å². The van der Waals surface area contributed by atoms with E-state index in [0.29, 0.717) is 11.8 Å². The van der Waals surface area contributed by atoms with Crippen molar-refractivity contribution in [3.05, 3.63) is 28.8 Å². The number of phenols is 1. The van der Waals surface area contributed by atoms with Crippen LogP contribution in [-0.4, -0.2) is 36.2 Å². The van der Waals surface area contributed by atoms with Gasteiger partial charge in [0.25, 0.3) is 0 Å². The van der Waals surface area contributed by atoms with Crippen LogP contribution in [0.5, 0.6) is 5.75 Å². The Morgan fingerprint density at radius 2 is 1.74 bits per heavy atom. The number of hydrogen-bond acceptors (Lipinski definition) is 3. The minimum atomic E-state index is 0.457. The highest BCUT2D eigenvalue weighted by Gasteiger charge is 2.36. The Bertz CT molecular complexity index is 439. The van der Waals surface area contributed by atoms with E-state index in [9.17, 15) is 5.11 Å². The summed E-state index contributed by atoms with van der Waals surface area (Å²) >= 11 is 0. The summed E-state index contributed by atoms with van der Waals surface area (Å²) in [5, 5.41) is 13.4. The Morgan fingerprint density at radius 1 is 1.16 bits per heavy atom. The summed E-state index contributed by atoms with van der Waals surface area (Å²) in [5.41, 5.74) is 3.42. The van der Waals surface area contributed by atoms with Gasteiger partial charge in [0.05, 0.1) is 0 Å². The average Bonchev–Trinajstić information content (AvgIpc) is 3.22. The van der Waals surface area contributed by atoms with Gasteiger partial charge in [-0.2, -0.15) is 0 Å². The van der Waals surface area contributed by atoms with Gasteiger partial charge in [0, 0.05) is 32.2 Å². The summed E-state index contributed by atoms with van der Waals surface area (Å²) in [4.78, 5) is 2.62. The first kappa shape index (κ1) is 12.9. The maximum atomic E-state index is 9.95. The fraction of sp³-hybridized carbons (Fsp3) is 0.625. The Morgan fingerprint density at radius 3 is 2.26 bits per heavy atom. The minimum absolute atomic E-state index is 0.457. The van der Waals surface area contributed by atoms with Gasteiger partial charge in [-0.25, -0.2) is 0 Å². The molecule has 104 valence electrons. The molecule has 0 bridgehead atoms. The lowest BCUT2D eigenvalue weighted by Crippen LogP contribution is -2.45. The van der Waals surface area contributed by atoms with Gasteiger partial charge in [0.2, 0.25) is 0 Å². The van der Waals surface area contributed by atoms with Crippen LogP contribution in [0.2, 0.25) is 0 Å². The van der Waals surface area contributed by atoms with Crippen LogP contribution in [0, 0.1) is 19.8 Å². The van der Waals surface area contributed by atoms with Crippen LogP contribution in [0.15, 0.2) is 12.1 Å². The first-order valence-corrected chi connectivity index (χ1v) is 7.41. The van der Waals surface area contributed by atoms with Crippen LogP contribution in [0.1, 0.15) is 35.6 Å². The van der Waals surface area contributed by atoms with Gasteiger partial charge in [-0.1, -0.05) is 12.1 Å². The van der Waals surface area contributed by atoms with Crippen LogP contribution in [0.4, 0.5) is 0 Å². The third-order valence-corrected chi connectivity index (χ3v) is 4.47. The van der Waals surface area contributed by atoms with E-state index in [4.69, 9.17) is 0 Å². The molecule has 0 radical (unpaired) electrons. The summed E-state index contributed by atoms with van der Waals surface area (Å²) in [7, 11) is 0. The van der Waals surface area contributed by atoms with Crippen molar-refractivity contribution in [2.45, 2.75) is 32.7 Å². The third kappa shape index (κ3) is 2.63. The van der Waals surface area contributed by atoms with E-state index in [-0.39, 0.29) is 0 Å². The second-order valence-corrected chi connectivity index (χ2v) is 6.07. The third-order valence-electron chi connectivity index (χ3n) is 4.47. The zero-order valence-corrected chi connectivity index (χ0v) is 11.9. The molecule has 1 heterocycles. The maximum Gasteiger partial charge on any atom is 0.121 e. The molecular weight excluding hydrogens is 236 g/mol. The summed E-state index contributed by atoms with van der Waals surface area (Å²) < 4.78 is 0. The highest BCUT2D eigenvalue weighted by Crippen LogP contribution is 2.45. The second-order valence-electron chi connectivity index (χ2n) is 6.07. The van der Waals surface area contributed by atoms with Crippen molar-refractivity contribution in [3.8, 4) is 5.75 Å². The van der Waals surface area contributed by atoms with E-state index in [1.54, 1.807) is 0 Å². The Hall–Kier alpha value is -1.06. The van der Waals surface area contributed by atoms with Crippen molar-refractivity contribution < 1.29 is 5.11 Å². The molecule has 19 heavy (non-hydrogen) atoms. The van der Waals surface area contributed by atoms with E-state index in [1.165, 1.54) is 18.4 Å². The zero-order chi connectivity index (χ0) is 13.4. The standard InChI is InChI=1S/C16H24N2O/c1-11-9-14(10-12(2)16(11)19)15(13-3-4-13)18-7-5-17-6-8-18/h9-10,13,15,17,19H,3-8H2,1-2H3/t15-/m1/s1. The predicted octanol–water partition coefficient (Wildman–Crippen LogP) is 2.37. The smallest absolute Gasteiger partial charge is 0.121 e. The van der Waals surface area contributed by atoms with Crippen molar-refractivity contribution in [2.24, 2.45) is 5.92 Å². The van der Waals surface area contributed by atoms with E-state index in [1.807, 2.05) is 13.8 Å². The fourth-order valence-corrected chi connectivity index (χ4v) is 3.31.